The van der Waals surface area contributed by atoms with Gasteiger partial charge in [-0.25, -0.2) is 0 Å². The van der Waals surface area contributed by atoms with E-state index in [4.69, 9.17) is 9.47 Å². The summed E-state index contributed by atoms with van der Waals surface area (Å²) in [4.78, 5) is 7.52. The first kappa shape index (κ1) is 24.8. The van der Waals surface area contributed by atoms with E-state index in [1.54, 1.807) is 0 Å². The van der Waals surface area contributed by atoms with Gasteiger partial charge in [-0.1, -0.05) is 66.7 Å². The van der Waals surface area contributed by atoms with Gasteiger partial charge in [0.05, 0.1) is 16.6 Å². The van der Waals surface area contributed by atoms with Crippen LogP contribution in [0.5, 0.6) is 11.5 Å². The third kappa shape index (κ3) is 3.82. The lowest BCUT2D eigenvalue weighted by Crippen LogP contribution is -2.29. The van der Waals surface area contributed by atoms with Gasteiger partial charge < -0.3 is 19.4 Å². The van der Waals surface area contributed by atoms with Gasteiger partial charge in [0.2, 0.25) is 0 Å². The second kappa shape index (κ2) is 9.02. The standard InChI is InChI=1S/C38H32N2O2/c1-22-17-28-26-14-10-15-27(35(26)40-32(28)19-33(22)41-21-24-11-6-5-7-12-24)30-20-38(3,4)42-37-23(2)18-29-25-13-8-9-16-31(25)39-36(29)34(30)37/h5-20,39-40H,21H2,1-4H3. The maximum atomic E-state index is 6.65. The second-order valence-electron chi connectivity index (χ2n) is 12.0. The summed E-state index contributed by atoms with van der Waals surface area (Å²) in [5.41, 5.74) is 10.8. The summed E-state index contributed by atoms with van der Waals surface area (Å²) >= 11 is 0. The Morgan fingerprint density at radius 1 is 0.690 bits per heavy atom. The summed E-state index contributed by atoms with van der Waals surface area (Å²) in [6.45, 7) is 9.09. The number of nitrogens with one attached hydrogen (secondary N) is 2. The smallest absolute Gasteiger partial charge is 0.133 e. The molecule has 8 rings (SSSR count). The van der Waals surface area contributed by atoms with Crippen LogP contribution in [0.3, 0.4) is 0 Å². The van der Waals surface area contributed by atoms with Crippen LogP contribution in [0.15, 0.2) is 97.1 Å². The molecule has 0 amide bonds. The predicted octanol–water partition coefficient (Wildman–Crippen LogP) is 9.75. The minimum Gasteiger partial charge on any atom is -0.489 e. The number of H-pyrrole nitrogens is 2. The fraction of sp³-hybridized carbons (Fsp3) is 0.158. The molecule has 206 valence electrons. The highest BCUT2D eigenvalue weighted by molar-refractivity contribution is 6.16. The Morgan fingerprint density at radius 2 is 1.43 bits per heavy atom. The first-order valence-corrected chi connectivity index (χ1v) is 14.5. The molecule has 0 fully saturated rings. The number of hydrogen-bond donors (Lipinski definition) is 2. The van der Waals surface area contributed by atoms with E-state index < -0.39 is 5.60 Å². The third-order valence-corrected chi connectivity index (χ3v) is 8.53. The first-order chi connectivity index (χ1) is 20.4. The molecule has 4 nitrogen and oxygen atoms in total. The summed E-state index contributed by atoms with van der Waals surface area (Å²) in [5, 5.41) is 4.84. The number of benzene rings is 5. The summed E-state index contributed by atoms with van der Waals surface area (Å²) in [5.74, 6) is 1.84. The molecule has 42 heavy (non-hydrogen) atoms. The zero-order valence-electron chi connectivity index (χ0n) is 24.3. The van der Waals surface area contributed by atoms with Crippen LogP contribution in [0.25, 0.3) is 49.2 Å². The Labute approximate surface area is 244 Å². The number of ether oxygens (including phenoxy) is 2. The molecule has 2 aromatic heterocycles. The van der Waals surface area contributed by atoms with Crippen LogP contribution in [0, 0.1) is 13.8 Å². The van der Waals surface area contributed by atoms with Crippen molar-refractivity contribution in [1.29, 1.82) is 0 Å². The Morgan fingerprint density at radius 3 is 2.29 bits per heavy atom. The number of aromatic nitrogens is 2. The largest absolute Gasteiger partial charge is 0.489 e. The summed E-state index contributed by atoms with van der Waals surface area (Å²) in [6.07, 6.45) is 2.28. The maximum absolute atomic E-state index is 6.65. The Balaban J connectivity index is 1.33. The van der Waals surface area contributed by atoms with Crippen LogP contribution >= 0.6 is 0 Å². The molecule has 0 aliphatic carbocycles. The molecule has 0 saturated carbocycles. The van der Waals surface area contributed by atoms with Crippen molar-refractivity contribution in [2.75, 3.05) is 0 Å². The molecular formula is C38H32N2O2. The first-order valence-electron chi connectivity index (χ1n) is 14.5. The number of rotatable bonds is 4. The zero-order valence-corrected chi connectivity index (χ0v) is 24.3. The van der Waals surface area contributed by atoms with Crippen LogP contribution in [0.4, 0.5) is 0 Å². The van der Waals surface area contributed by atoms with E-state index in [0.717, 1.165) is 61.4 Å². The van der Waals surface area contributed by atoms with Crippen LogP contribution in [0.1, 0.15) is 41.7 Å². The molecule has 4 heteroatoms. The summed E-state index contributed by atoms with van der Waals surface area (Å²) in [7, 11) is 0. The van der Waals surface area contributed by atoms with Gasteiger partial charge in [0, 0.05) is 44.3 Å². The molecule has 7 aromatic rings. The van der Waals surface area contributed by atoms with Crippen LogP contribution < -0.4 is 9.47 Å². The van der Waals surface area contributed by atoms with Crippen molar-refractivity contribution in [3.8, 4) is 11.5 Å². The quantitative estimate of drug-likeness (QED) is 0.230. The van der Waals surface area contributed by atoms with E-state index in [1.807, 2.05) is 18.2 Å². The highest BCUT2D eigenvalue weighted by Crippen LogP contribution is 2.48. The van der Waals surface area contributed by atoms with Crippen molar-refractivity contribution >= 4 is 49.2 Å². The van der Waals surface area contributed by atoms with E-state index in [1.165, 1.54) is 27.1 Å². The fourth-order valence-corrected chi connectivity index (χ4v) is 6.59. The molecule has 0 saturated heterocycles. The predicted molar refractivity (Wildman–Crippen MR) is 174 cm³/mol. The van der Waals surface area contributed by atoms with Gasteiger partial charge in [-0.3, -0.25) is 0 Å². The fourth-order valence-electron chi connectivity index (χ4n) is 6.59. The number of aryl methyl sites for hydroxylation is 2. The van der Waals surface area contributed by atoms with E-state index in [2.05, 4.69) is 117 Å². The van der Waals surface area contributed by atoms with Crippen LogP contribution in [-0.4, -0.2) is 15.6 Å². The summed E-state index contributed by atoms with van der Waals surface area (Å²) < 4.78 is 12.9. The highest BCUT2D eigenvalue weighted by atomic mass is 16.5. The minimum absolute atomic E-state index is 0.462. The molecule has 0 spiro atoms. The maximum Gasteiger partial charge on any atom is 0.133 e. The van der Waals surface area contributed by atoms with Gasteiger partial charge in [-0.05, 0) is 74.2 Å². The van der Waals surface area contributed by atoms with Crippen molar-refractivity contribution in [2.24, 2.45) is 0 Å². The van der Waals surface area contributed by atoms with Gasteiger partial charge in [0.15, 0.2) is 0 Å². The second-order valence-corrected chi connectivity index (χ2v) is 12.0. The third-order valence-electron chi connectivity index (χ3n) is 8.53. The lowest BCUT2D eigenvalue weighted by molar-refractivity contribution is 0.157. The molecule has 1 aliphatic rings. The molecule has 2 N–H and O–H groups in total. The number of hydrogen-bond acceptors (Lipinski definition) is 2. The van der Waals surface area contributed by atoms with Gasteiger partial charge in [-0.2, -0.15) is 0 Å². The molecule has 0 bridgehead atoms. The lowest BCUT2D eigenvalue weighted by Gasteiger charge is -2.33. The van der Waals surface area contributed by atoms with Crippen molar-refractivity contribution in [3.63, 3.8) is 0 Å². The van der Waals surface area contributed by atoms with E-state index in [-0.39, 0.29) is 0 Å². The number of aromatic amines is 2. The highest BCUT2D eigenvalue weighted by Gasteiger charge is 2.32. The SMILES string of the molecule is Cc1cc2c(cc1OCc1ccccc1)[nH]c1c(C3=CC(C)(C)Oc4c(C)cc5c([nH]c6ccccc65)c43)cccc12. The van der Waals surface area contributed by atoms with Gasteiger partial charge in [-0.15, -0.1) is 0 Å². The Kier molecular flexibility index (Phi) is 5.33. The molecule has 1 aliphatic heterocycles. The minimum atomic E-state index is -0.462. The molecule has 3 heterocycles. The Hall–Kier alpha value is -4.96. The topological polar surface area (TPSA) is 50.0 Å². The van der Waals surface area contributed by atoms with Gasteiger partial charge in [0.1, 0.15) is 23.7 Å². The number of para-hydroxylation sites is 2. The zero-order chi connectivity index (χ0) is 28.6. The van der Waals surface area contributed by atoms with E-state index >= 15 is 0 Å². The van der Waals surface area contributed by atoms with Crippen molar-refractivity contribution < 1.29 is 9.47 Å². The van der Waals surface area contributed by atoms with Crippen LogP contribution in [-0.2, 0) is 6.61 Å². The number of fused-ring (bicyclic) bond motifs is 8. The van der Waals surface area contributed by atoms with Crippen LogP contribution in [0.2, 0.25) is 0 Å². The van der Waals surface area contributed by atoms with Crippen molar-refractivity contribution in [1.82, 2.24) is 9.97 Å². The monoisotopic (exact) mass is 548 g/mol. The normalized spacial score (nSPS) is 14.3. The van der Waals surface area contributed by atoms with Gasteiger partial charge >= 0.3 is 0 Å². The molecule has 0 atom stereocenters. The van der Waals surface area contributed by atoms with E-state index in [9.17, 15) is 0 Å². The summed E-state index contributed by atoms with van der Waals surface area (Å²) in [6, 6.07) is 32.1. The average Bonchev–Trinajstić information content (AvgIpc) is 3.53. The van der Waals surface area contributed by atoms with Gasteiger partial charge in [0.25, 0.3) is 0 Å². The molecule has 5 aromatic carbocycles. The lowest BCUT2D eigenvalue weighted by atomic mass is 9.86. The van der Waals surface area contributed by atoms with E-state index in [0.29, 0.717) is 6.61 Å². The van der Waals surface area contributed by atoms with Crippen molar-refractivity contribution in [2.45, 2.75) is 39.9 Å². The Bertz CT molecular complexity index is 2210. The molecule has 0 unspecified atom stereocenters. The van der Waals surface area contributed by atoms with Crippen molar-refractivity contribution in [3.05, 3.63) is 125 Å². The average molecular weight is 549 g/mol. The molecular weight excluding hydrogens is 516 g/mol. The molecule has 0 radical (unpaired) electrons.